The predicted molar refractivity (Wildman–Crippen MR) is 78.6 cm³/mol. The molecule has 1 heterocycles. The number of alkyl halides is 3. The summed E-state index contributed by atoms with van der Waals surface area (Å²) in [4.78, 5) is 12.5. The van der Waals surface area contributed by atoms with Gasteiger partial charge in [-0.2, -0.15) is 10.4 Å². The van der Waals surface area contributed by atoms with Crippen molar-refractivity contribution in [3.63, 3.8) is 0 Å². The Morgan fingerprint density at radius 1 is 1.57 bits per heavy atom. The van der Waals surface area contributed by atoms with Crippen LogP contribution in [0.1, 0.15) is 30.5 Å². The first-order valence-corrected chi connectivity index (χ1v) is 7.27. The number of rotatable bonds is 4. The standard InChI is InChI=1S/C15H13ClF3N3O/c1-15(8-16,13(18)19)14(23)22-12(2-3-21-22)10-4-9(7-20)5-11(17)6-10/h3-6,12-13H,2,8H2,1H3. The molecule has 2 unspecified atom stereocenters. The first-order valence-electron chi connectivity index (χ1n) is 6.74. The average molecular weight is 344 g/mol. The van der Waals surface area contributed by atoms with Gasteiger partial charge in [0, 0.05) is 18.5 Å². The summed E-state index contributed by atoms with van der Waals surface area (Å²) in [6.07, 6.45) is -1.34. The van der Waals surface area contributed by atoms with E-state index < -0.39 is 35.5 Å². The molecular formula is C15H13ClF3N3O. The van der Waals surface area contributed by atoms with Crippen molar-refractivity contribution in [1.82, 2.24) is 5.01 Å². The number of carbonyl (C=O) groups excluding carboxylic acids is 1. The lowest BCUT2D eigenvalue weighted by Crippen LogP contribution is -2.45. The van der Waals surface area contributed by atoms with Gasteiger partial charge in [-0.05, 0) is 30.7 Å². The first-order chi connectivity index (χ1) is 10.8. The maximum absolute atomic E-state index is 13.6. The van der Waals surface area contributed by atoms with E-state index in [0.29, 0.717) is 5.56 Å². The van der Waals surface area contributed by atoms with E-state index in [1.54, 1.807) is 0 Å². The third-order valence-corrected chi connectivity index (χ3v) is 4.27. The Morgan fingerprint density at radius 3 is 2.83 bits per heavy atom. The van der Waals surface area contributed by atoms with E-state index >= 15 is 0 Å². The van der Waals surface area contributed by atoms with E-state index in [1.807, 2.05) is 6.07 Å². The van der Waals surface area contributed by atoms with E-state index in [-0.39, 0.29) is 12.0 Å². The average Bonchev–Trinajstić information content (AvgIpc) is 3.01. The second-order valence-electron chi connectivity index (χ2n) is 5.44. The van der Waals surface area contributed by atoms with Crippen molar-refractivity contribution in [2.24, 2.45) is 10.5 Å². The van der Waals surface area contributed by atoms with Crippen LogP contribution in [-0.4, -0.2) is 29.4 Å². The van der Waals surface area contributed by atoms with Crippen molar-refractivity contribution in [3.8, 4) is 6.07 Å². The molecule has 0 saturated heterocycles. The highest BCUT2D eigenvalue weighted by molar-refractivity contribution is 6.20. The van der Waals surface area contributed by atoms with Crippen LogP contribution in [0.3, 0.4) is 0 Å². The molecule has 0 radical (unpaired) electrons. The van der Waals surface area contributed by atoms with Crippen molar-refractivity contribution in [2.75, 3.05) is 5.88 Å². The Hall–Kier alpha value is -2.07. The molecule has 0 spiro atoms. The van der Waals surface area contributed by atoms with Gasteiger partial charge >= 0.3 is 0 Å². The minimum atomic E-state index is -2.97. The lowest BCUT2D eigenvalue weighted by molar-refractivity contribution is -0.150. The molecular weight excluding hydrogens is 331 g/mol. The number of hydrazone groups is 1. The molecule has 1 aromatic rings. The molecule has 4 nitrogen and oxygen atoms in total. The van der Waals surface area contributed by atoms with E-state index in [0.717, 1.165) is 24.1 Å². The van der Waals surface area contributed by atoms with Crippen molar-refractivity contribution in [1.29, 1.82) is 5.26 Å². The van der Waals surface area contributed by atoms with Crippen molar-refractivity contribution in [3.05, 3.63) is 35.1 Å². The predicted octanol–water partition coefficient (Wildman–Crippen LogP) is 3.47. The Bertz CT molecular complexity index is 689. The van der Waals surface area contributed by atoms with E-state index in [1.165, 1.54) is 12.3 Å². The Balaban J connectivity index is 2.37. The summed E-state index contributed by atoms with van der Waals surface area (Å²) >= 11 is 5.56. The molecule has 0 saturated carbocycles. The molecule has 1 aliphatic heterocycles. The number of nitriles is 1. The number of amides is 1. The van der Waals surface area contributed by atoms with Gasteiger partial charge in [0.15, 0.2) is 0 Å². The topological polar surface area (TPSA) is 56.5 Å². The number of hydrogen-bond donors (Lipinski definition) is 0. The maximum atomic E-state index is 13.6. The van der Waals surface area contributed by atoms with Crippen LogP contribution in [0.5, 0.6) is 0 Å². The van der Waals surface area contributed by atoms with E-state index in [9.17, 15) is 18.0 Å². The second-order valence-corrected chi connectivity index (χ2v) is 5.70. The molecule has 0 aromatic heterocycles. The summed E-state index contributed by atoms with van der Waals surface area (Å²) in [6, 6.07) is 4.67. The highest BCUT2D eigenvalue weighted by atomic mass is 35.5. The van der Waals surface area contributed by atoms with Gasteiger partial charge in [-0.3, -0.25) is 4.79 Å². The van der Waals surface area contributed by atoms with Gasteiger partial charge in [-0.15, -0.1) is 11.6 Å². The third-order valence-electron chi connectivity index (χ3n) is 3.72. The fraction of sp³-hybridized carbons (Fsp3) is 0.400. The van der Waals surface area contributed by atoms with Crippen LogP contribution in [0.15, 0.2) is 23.3 Å². The van der Waals surface area contributed by atoms with Crippen LogP contribution in [0, 0.1) is 22.6 Å². The molecule has 0 fully saturated rings. The molecule has 1 amide bonds. The summed E-state index contributed by atoms with van der Waals surface area (Å²) in [7, 11) is 0. The highest BCUT2D eigenvalue weighted by Gasteiger charge is 2.47. The minimum Gasteiger partial charge on any atom is -0.272 e. The number of halogens is 4. The molecule has 0 aliphatic carbocycles. The highest BCUT2D eigenvalue weighted by Crippen LogP contribution is 2.36. The van der Waals surface area contributed by atoms with Gasteiger partial charge in [-0.25, -0.2) is 18.2 Å². The fourth-order valence-corrected chi connectivity index (χ4v) is 2.46. The van der Waals surface area contributed by atoms with E-state index in [4.69, 9.17) is 16.9 Å². The Kier molecular flexibility index (Phi) is 4.95. The summed E-state index contributed by atoms with van der Waals surface area (Å²) in [5.41, 5.74) is -1.70. The molecule has 122 valence electrons. The molecule has 1 aromatic carbocycles. The molecule has 23 heavy (non-hydrogen) atoms. The summed E-state index contributed by atoms with van der Waals surface area (Å²) in [5, 5.41) is 13.6. The second kappa shape index (κ2) is 6.59. The Morgan fingerprint density at radius 2 is 2.26 bits per heavy atom. The number of hydrogen-bond acceptors (Lipinski definition) is 3. The molecule has 2 atom stereocenters. The van der Waals surface area contributed by atoms with Gasteiger partial charge in [0.1, 0.15) is 11.2 Å². The number of benzene rings is 1. The molecule has 1 aliphatic rings. The molecule has 8 heteroatoms. The fourth-order valence-electron chi connectivity index (χ4n) is 2.23. The number of nitrogens with zero attached hydrogens (tertiary/aromatic N) is 3. The normalized spacial score (nSPS) is 19.7. The SMILES string of the molecule is CC(CCl)(C(=O)N1N=CCC1c1cc(F)cc(C#N)c1)C(F)F. The van der Waals surface area contributed by atoms with Crippen LogP contribution in [0.25, 0.3) is 0 Å². The van der Waals surface area contributed by atoms with Crippen LogP contribution >= 0.6 is 11.6 Å². The first kappa shape index (κ1) is 17.3. The Labute approximate surface area is 136 Å². The van der Waals surface area contributed by atoms with Gasteiger partial charge in [-0.1, -0.05) is 0 Å². The zero-order valence-corrected chi connectivity index (χ0v) is 12.9. The summed E-state index contributed by atoms with van der Waals surface area (Å²) in [6.45, 7) is 1.06. The zero-order chi connectivity index (χ0) is 17.2. The van der Waals surface area contributed by atoms with Crippen LogP contribution in [-0.2, 0) is 4.79 Å². The van der Waals surface area contributed by atoms with Crippen LogP contribution < -0.4 is 0 Å². The van der Waals surface area contributed by atoms with Crippen molar-refractivity contribution in [2.45, 2.75) is 25.8 Å². The van der Waals surface area contributed by atoms with E-state index in [2.05, 4.69) is 5.10 Å². The lowest BCUT2D eigenvalue weighted by atomic mass is 9.91. The molecule has 2 rings (SSSR count). The molecule has 0 N–H and O–H groups in total. The smallest absolute Gasteiger partial charge is 0.256 e. The van der Waals surface area contributed by atoms with Gasteiger partial charge in [0.25, 0.3) is 12.3 Å². The van der Waals surface area contributed by atoms with Crippen LogP contribution in [0.2, 0.25) is 0 Å². The van der Waals surface area contributed by atoms with Gasteiger partial charge in [0.05, 0.1) is 17.7 Å². The van der Waals surface area contributed by atoms with Gasteiger partial charge < -0.3 is 0 Å². The third kappa shape index (κ3) is 3.17. The summed E-state index contributed by atoms with van der Waals surface area (Å²) < 4.78 is 40.0. The number of carbonyl (C=O) groups is 1. The minimum absolute atomic E-state index is 0.0771. The zero-order valence-electron chi connectivity index (χ0n) is 12.1. The van der Waals surface area contributed by atoms with Crippen molar-refractivity contribution < 1.29 is 18.0 Å². The van der Waals surface area contributed by atoms with Crippen molar-refractivity contribution >= 4 is 23.7 Å². The summed E-state index contributed by atoms with van der Waals surface area (Å²) in [5.74, 6) is -2.16. The maximum Gasteiger partial charge on any atom is 0.256 e. The van der Waals surface area contributed by atoms with Crippen LogP contribution in [0.4, 0.5) is 13.2 Å². The lowest BCUT2D eigenvalue weighted by Gasteiger charge is -2.31. The quantitative estimate of drug-likeness (QED) is 0.786. The van der Waals surface area contributed by atoms with Gasteiger partial charge in [0.2, 0.25) is 0 Å². The monoisotopic (exact) mass is 343 g/mol. The molecule has 0 bridgehead atoms. The largest absolute Gasteiger partial charge is 0.272 e.